The maximum Gasteiger partial charge on any atom is 0.119 e. The second-order valence-electron chi connectivity index (χ2n) is 4.82. The Morgan fingerprint density at radius 2 is 1.90 bits per heavy atom. The monoisotopic (exact) mass is 296 g/mol. The van der Waals surface area contributed by atoms with E-state index in [9.17, 15) is 0 Å². The van der Waals surface area contributed by atoms with Crippen LogP contribution in [0, 0.1) is 0 Å². The molecule has 0 spiro atoms. The van der Waals surface area contributed by atoms with Crippen molar-refractivity contribution in [2.75, 3.05) is 33.4 Å². The molecule has 1 aromatic carbocycles. The topological polar surface area (TPSA) is 58.7 Å². The minimum atomic E-state index is 0.287. The molecule has 20 heavy (non-hydrogen) atoms. The standard InChI is InChI=1S/C15H24N2O2S/c1-17(9-3-2-4-11-18)10-12-19-14-7-5-13(6-8-14)15(16)20/h5-8,18H,2-4,9-12H2,1H3,(H2,16,20). The molecular weight excluding hydrogens is 272 g/mol. The number of hydrogen-bond acceptors (Lipinski definition) is 4. The second-order valence-corrected chi connectivity index (χ2v) is 5.26. The van der Waals surface area contributed by atoms with E-state index in [1.807, 2.05) is 24.3 Å². The van der Waals surface area contributed by atoms with Crippen molar-refractivity contribution < 1.29 is 9.84 Å². The molecule has 0 aliphatic rings. The first-order valence-electron chi connectivity index (χ1n) is 6.95. The van der Waals surface area contributed by atoms with Crippen molar-refractivity contribution in [3.63, 3.8) is 0 Å². The average Bonchev–Trinajstić information content (AvgIpc) is 2.44. The van der Waals surface area contributed by atoms with Crippen LogP contribution in [0.4, 0.5) is 0 Å². The molecule has 0 radical (unpaired) electrons. The van der Waals surface area contributed by atoms with Gasteiger partial charge in [0.25, 0.3) is 0 Å². The zero-order valence-corrected chi connectivity index (χ0v) is 12.9. The predicted octanol–water partition coefficient (Wildman–Crippen LogP) is 1.79. The summed E-state index contributed by atoms with van der Waals surface area (Å²) in [6.07, 6.45) is 3.07. The molecule has 4 nitrogen and oxygen atoms in total. The fourth-order valence-corrected chi connectivity index (χ4v) is 1.95. The summed E-state index contributed by atoms with van der Waals surface area (Å²) in [4.78, 5) is 2.64. The van der Waals surface area contributed by atoms with Gasteiger partial charge in [0.05, 0.1) is 0 Å². The Morgan fingerprint density at radius 1 is 1.20 bits per heavy atom. The van der Waals surface area contributed by atoms with Crippen LogP contribution >= 0.6 is 12.2 Å². The highest BCUT2D eigenvalue weighted by molar-refractivity contribution is 7.80. The molecule has 0 aliphatic carbocycles. The largest absolute Gasteiger partial charge is 0.492 e. The first-order valence-corrected chi connectivity index (χ1v) is 7.36. The quantitative estimate of drug-likeness (QED) is 0.509. The fraction of sp³-hybridized carbons (Fsp3) is 0.533. The molecule has 0 bridgehead atoms. The number of nitrogens with two attached hydrogens (primary N) is 1. The smallest absolute Gasteiger partial charge is 0.119 e. The number of rotatable bonds is 10. The summed E-state index contributed by atoms with van der Waals surface area (Å²) in [7, 11) is 2.08. The van der Waals surface area contributed by atoms with Crippen LogP contribution in [-0.4, -0.2) is 48.3 Å². The summed E-state index contributed by atoms with van der Waals surface area (Å²) in [6.45, 7) is 2.86. The van der Waals surface area contributed by atoms with Gasteiger partial charge in [-0.15, -0.1) is 0 Å². The minimum absolute atomic E-state index is 0.287. The van der Waals surface area contributed by atoms with Gasteiger partial charge in [-0.2, -0.15) is 0 Å². The van der Waals surface area contributed by atoms with Gasteiger partial charge < -0.3 is 20.5 Å². The van der Waals surface area contributed by atoms with Gasteiger partial charge in [-0.3, -0.25) is 0 Å². The van der Waals surface area contributed by atoms with Crippen molar-refractivity contribution >= 4 is 17.2 Å². The zero-order chi connectivity index (χ0) is 14.8. The molecule has 0 atom stereocenters. The average molecular weight is 296 g/mol. The van der Waals surface area contributed by atoms with Crippen molar-refractivity contribution in [3.8, 4) is 5.75 Å². The van der Waals surface area contributed by atoms with Crippen LogP contribution < -0.4 is 10.5 Å². The van der Waals surface area contributed by atoms with Crippen molar-refractivity contribution in [1.29, 1.82) is 0 Å². The third-order valence-corrected chi connectivity index (χ3v) is 3.31. The lowest BCUT2D eigenvalue weighted by Crippen LogP contribution is -2.25. The first kappa shape index (κ1) is 16.9. The van der Waals surface area contributed by atoms with Crippen molar-refractivity contribution in [2.24, 2.45) is 5.73 Å². The van der Waals surface area contributed by atoms with Crippen LogP contribution in [0.3, 0.4) is 0 Å². The number of likely N-dealkylation sites (N-methyl/N-ethyl adjacent to an activating group) is 1. The number of ether oxygens (including phenoxy) is 1. The minimum Gasteiger partial charge on any atom is -0.492 e. The highest BCUT2D eigenvalue weighted by Gasteiger charge is 2.00. The maximum atomic E-state index is 8.70. The SMILES string of the molecule is CN(CCCCCO)CCOc1ccc(C(N)=S)cc1. The van der Waals surface area contributed by atoms with Gasteiger partial charge in [-0.25, -0.2) is 0 Å². The van der Waals surface area contributed by atoms with Crippen LogP contribution in [0.1, 0.15) is 24.8 Å². The van der Waals surface area contributed by atoms with Gasteiger partial charge >= 0.3 is 0 Å². The Kier molecular flexibility index (Phi) is 8.18. The van der Waals surface area contributed by atoms with Gasteiger partial charge in [0, 0.05) is 18.7 Å². The van der Waals surface area contributed by atoms with E-state index < -0.39 is 0 Å². The molecule has 0 aliphatic heterocycles. The summed E-state index contributed by atoms with van der Waals surface area (Å²) in [5, 5.41) is 8.70. The molecule has 0 fully saturated rings. The summed E-state index contributed by atoms with van der Waals surface area (Å²) >= 11 is 4.90. The van der Waals surface area contributed by atoms with Gasteiger partial charge in [0.2, 0.25) is 0 Å². The Hall–Kier alpha value is -1.17. The van der Waals surface area contributed by atoms with E-state index in [-0.39, 0.29) is 6.61 Å². The molecule has 0 saturated heterocycles. The van der Waals surface area contributed by atoms with Crippen molar-refractivity contribution in [2.45, 2.75) is 19.3 Å². The summed E-state index contributed by atoms with van der Waals surface area (Å²) in [5.41, 5.74) is 6.39. The summed E-state index contributed by atoms with van der Waals surface area (Å²) in [6, 6.07) is 7.51. The lowest BCUT2D eigenvalue weighted by atomic mass is 10.2. The van der Waals surface area contributed by atoms with Crippen LogP contribution in [0.15, 0.2) is 24.3 Å². The third kappa shape index (κ3) is 6.84. The molecule has 0 unspecified atom stereocenters. The van der Waals surface area contributed by atoms with Crippen LogP contribution in [0.25, 0.3) is 0 Å². The third-order valence-electron chi connectivity index (χ3n) is 3.08. The van der Waals surface area contributed by atoms with E-state index in [0.29, 0.717) is 11.6 Å². The first-order chi connectivity index (χ1) is 9.63. The molecule has 1 rings (SSSR count). The van der Waals surface area contributed by atoms with Gasteiger partial charge in [-0.1, -0.05) is 12.2 Å². The van der Waals surface area contributed by atoms with E-state index in [1.165, 1.54) is 0 Å². The van der Waals surface area contributed by atoms with Crippen molar-refractivity contribution in [3.05, 3.63) is 29.8 Å². The second kappa shape index (κ2) is 9.69. The van der Waals surface area contributed by atoms with E-state index in [0.717, 1.165) is 43.7 Å². The number of benzene rings is 1. The number of nitrogens with zero attached hydrogens (tertiary/aromatic N) is 1. The van der Waals surface area contributed by atoms with E-state index in [1.54, 1.807) is 0 Å². The Balaban J connectivity index is 2.18. The molecule has 0 heterocycles. The molecular formula is C15H24N2O2S. The molecule has 0 aromatic heterocycles. The fourth-order valence-electron chi connectivity index (χ4n) is 1.82. The zero-order valence-electron chi connectivity index (χ0n) is 12.0. The number of aliphatic hydroxyl groups excluding tert-OH is 1. The summed E-state index contributed by atoms with van der Waals surface area (Å²) < 4.78 is 5.67. The Morgan fingerprint density at radius 3 is 2.50 bits per heavy atom. The molecule has 1 aromatic rings. The predicted molar refractivity (Wildman–Crippen MR) is 86.3 cm³/mol. The van der Waals surface area contributed by atoms with E-state index in [2.05, 4.69) is 11.9 Å². The highest BCUT2D eigenvalue weighted by Crippen LogP contribution is 2.12. The lowest BCUT2D eigenvalue weighted by molar-refractivity contribution is 0.230. The number of unbranched alkanes of at least 4 members (excludes halogenated alkanes) is 2. The van der Waals surface area contributed by atoms with Crippen LogP contribution in [-0.2, 0) is 0 Å². The van der Waals surface area contributed by atoms with E-state index in [4.69, 9.17) is 27.8 Å². The maximum absolute atomic E-state index is 8.70. The highest BCUT2D eigenvalue weighted by atomic mass is 32.1. The van der Waals surface area contributed by atoms with Crippen LogP contribution in [0.2, 0.25) is 0 Å². The lowest BCUT2D eigenvalue weighted by Gasteiger charge is -2.16. The van der Waals surface area contributed by atoms with Gasteiger partial charge in [-0.05, 0) is 57.1 Å². The molecule has 112 valence electrons. The van der Waals surface area contributed by atoms with Gasteiger partial charge in [0.1, 0.15) is 17.3 Å². The van der Waals surface area contributed by atoms with E-state index >= 15 is 0 Å². The number of hydrogen-bond donors (Lipinski definition) is 2. The molecule has 5 heteroatoms. The molecule has 0 amide bonds. The number of thiocarbonyl (C=S) groups is 1. The Bertz CT molecular complexity index is 395. The van der Waals surface area contributed by atoms with Crippen molar-refractivity contribution in [1.82, 2.24) is 4.90 Å². The number of aliphatic hydroxyl groups is 1. The van der Waals surface area contributed by atoms with Gasteiger partial charge in [0.15, 0.2) is 0 Å². The van der Waals surface area contributed by atoms with Crippen LogP contribution in [0.5, 0.6) is 5.75 Å². The normalized spacial score (nSPS) is 10.8. The molecule has 3 N–H and O–H groups in total. The Labute approximate surface area is 126 Å². The molecule has 0 saturated carbocycles. The summed E-state index contributed by atoms with van der Waals surface area (Å²) in [5.74, 6) is 0.832.